The number of H-pyrrole nitrogens is 1. The summed E-state index contributed by atoms with van der Waals surface area (Å²) in [5.74, 6) is 1.79. The van der Waals surface area contributed by atoms with Crippen molar-refractivity contribution in [3.8, 4) is 0 Å². The first kappa shape index (κ1) is 19.4. The lowest BCUT2D eigenvalue weighted by Crippen LogP contribution is -2.27. The number of fused-ring (bicyclic) bond motifs is 1. The van der Waals surface area contributed by atoms with E-state index in [1.165, 1.54) is 12.8 Å². The maximum absolute atomic E-state index is 12.5. The molecule has 1 saturated heterocycles. The van der Waals surface area contributed by atoms with Crippen molar-refractivity contribution >= 4 is 22.7 Å². The second kappa shape index (κ2) is 8.60. The molecular weight excluding hydrogens is 372 g/mol. The summed E-state index contributed by atoms with van der Waals surface area (Å²) < 4.78 is 10.9. The maximum atomic E-state index is 12.5. The van der Waals surface area contributed by atoms with Gasteiger partial charge in [0, 0.05) is 32.3 Å². The van der Waals surface area contributed by atoms with Gasteiger partial charge >= 0.3 is 0 Å². The molecule has 1 aliphatic heterocycles. The highest BCUT2D eigenvalue weighted by molar-refractivity contribution is 5.89. The van der Waals surface area contributed by atoms with Gasteiger partial charge in [-0.25, -0.2) is 10.1 Å². The highest BCUT2D eigenvalue weighted by Crippen LogP contribution is 2.26. The summed E-state index contributed by atoms with van der Waals surface area (Å²) in [5.41, 5.74) is 1.05. The van der Waals surface area contributed by atoms with E-state index in [-0.39, 0.29) is 11.7 Å². The monoisotopic (exact) mass is 398 g/mol. The summed E-state index contributed by atoms with van der Waals surface area (Å²) in [5, 5.41) is 10.1. The molecule has 9 heteroatoms. The molecule has 0 saturated carbocycles. The van der Waals surface area contributed by atoms with Crippen LogP contribution in [0.1, 0.15) is 32.1 Å². The van der Waals surface area contributed by atoms with Crippen molar-refractivity contribution in [1.82, 2.24) is 20.2 Å². The van der Waals surface area contributed by atoms with Crippen LogP contribution in [0.2, 0.25) is 0 Å². The zero-order valence-corrected chi connectivity index (χ0v) is 16.8. The molecule has 2 aromatic rings. The van der Waals surface area contributed by atoms with Crippen LogP contribution in [0.3, 0.4) is 0 Å². The normalized spacial score (nSPS) is 20.1. The van der Waals surface area contributed by atoms with Gasteiger partial charge in [0.2, 0.25) is 5.95 Å². The number of nitrogens with one attached hydrogen (secondary N) is 2. The van der Waals surface area contributed by atoms with E-state index in [2.05, 4.69) is 25.4 Å². The van der Waals surface area contributed by atoms with E-state index < -0.39 is 0 Å². The van der Waals surface area contributed by atoms with Gasteiger partial charge in [0.15, 0.2) is 0 Å². The van der Waals surface area contributed by atoms with Gasteiger partial charge in [0.25, 0.3) is 5.56 Å². The molecule has 0 radical (unpaired) electrons. The highest BCUT2D eigenvalue weighted by Gasteiger charge is 2.20. The molecule has 1 atom stereocenters. The Balaban J connectivity index is 1.75. The number of allylic oxidation sites excluding steroid dienone is 1. The van der Waals surface area contributed by atoms with Crippen LogP contribution in [0.15, 0.2) is 34.6 Å². The van der Waals surface area contributed by atoms with Crippen molar-refractivity contribution in [3.05, 3.63) is 40.2 Å². The lowest BCUT2D eigenvalue weighted by atomic mass is 10.1. The number of hydrogen-bond acceptors (Lipinski definition) is 8. The Morgan fingerprint density at radius 2 is 1.97 bits per heavy atom. The van der Waals surface area contributed by atoms with Gasteiger partial charge in [-0.15, -0.1) is 0 Å². The third kappa shape index (κ3) is 4.24. The van der Waals surface area contributed by atoms with Gasteiger partial charge in [0.05, 0.1) is 19.4 Å². The first-order chi connectivity index (χ1) is 14.2. The number of ether oxygens (including phenoxy) is 2. The fraction of sp³-hybridized carbons (Fsp3) is 0.500. The van der Waals surface area contributed by atoms with Gasteiger partial charge in [-0.05, 0) is 25.0 Å². The van der Waals surface area contributed by atoms with Crippen LogP contribution in [0.4, 0.5) is 11.8 Å². The van der Waals surface area contributed by atoms with Crippen molar-refractivity contribution < 1.29 is 9.47 Å². The predicted molar refractivity (Wildman–Crippen MR) is 111 cm³/mol. The Kier molecular flexibility index (Phi) is 5.75. The molecule has 2 aromatic heterocycles. The standard InChI is InChI=1S/C20H26N6O3/c1-28-14-9-13(10-15(11-14)29-2)22-18-17-16(12-21-25-19(17)27)23-20(24-18)26-7-5-3-4-6-8-26/h9,11-12,15H,3-8,10H2,1-2H3,(H,25,27)(H,22,23,24). The summed E-state index contributed by atoms with van der Waals surface area (Å²) in [6.45, 7) is 1.82. The Morgan fingerprint density at radius 3 is 2.69 bits per heavy atom. The number of hydrogen-bond donors (Lipinski definition) is 2. The molecule has 0 amide bonds. The van der Waals surface area contributed by atoms with Gasteiger partial charge in [-0.3, -0.25) is 4.79 Å². The molecule has 4 rings (SSSR count). The van der Waals surface area contributed by atoms with Crippen molar-refractivity contribution in [2.45, 2.75) is 38.2 Å². The second-order valence-electron chi connectivity index (χ2n) is 7.28. The van der Waals surface area contributed by atoms with E-state index in [0.29, 0.717) is 34.8 Å². The van der Waals surface area contributed by atoms with Crippen molar-refractivity contribution in [2.24, 2.45) is 0 Å². The molecule has 1 unspecified atom stereocenters. The molecule has 1 aliphatic carbocycles. The summed E-state index contributed by atoms with van der Waals surface area (Å²) in [6.07, 6.45) is 10.5. The summed E-state index contributed by atoms with van der Waals surface area (Å²) >= 11 is 0. The SMILES string of the molecule is COC1=CC(OC)CC(Nc2nc(N3CCCCCC3)nc3cn[nH]c(=O)c23)=C1. The minimum atomic E-state index is -0.324. The lowest BCUT2D eigenvalue weighted by molar-refractivity contribution is 0.134. The largest absolute Gasteiger partial charge is 0.497 e. The van der Waals surface area contributed by atoms with Gasteiger partial charge in [0.1, 0.15) is 22.5 Å². The molecule has 154 valence electrons. The van der Waals surface area contributed by atoms with E-state index in [1.807, 2.05) is 12.2 Å². The number of methoxy groups -OCH3 is 2. The molecule has 3 heterocycles. The number of nitrogens with zero attached hydrogens (tertiary/aromatic N) is 4. The Morgan fingerprint density at radius 1 is 1.17 bits per heavy atom. The van der Waals surface area contributed by atoms with E-state index >= 15 is 0 Å². The number of aromatic nitrogens is 4. The maximum Gasteiger partial charge on any atom is 0.277 e. The van der Waals surface area contributed by atoms with Crippen molar-refractivity contribution in [1.29, 1.82) is 0 Å². The molecule has 0 bridgehead atoms. The zero-order chi connectivity index (χ0) is 20.2. The fourth-order valence-electron chi connectivity index (χ4n) is 3.75. The van der Waals surface area contributed by atoms with E-state index in [0.717, 1.165) is 31.6 Å². The van der Waals surface area contributed by atoms with Gasteiger partial charge in [-0.2, -0.15) is 10.1 Å². The van der Waals surface area contributed by atoms with E-state index in [4.69, 9.17) is 14.5 Å². The molecule has 2 aliphatic rings. The summed E-state index contributed by atoms with van der Waals surface area (Å²) in [7, 11) is 3.27. The average molecular weight is 398 g/mol. The molecule has 29 heavy (non-hydrogen) atoms. The van der Waals surface area contributed by atoms with Crippen LogP contribution >= 0.6 is 0 Å². The van der Waals surface area contributed by atoms with Crippen molar-refractivity contribution in [3.63, 3.8) is 0 Å². The molecule has 2 N–H and O–H groups in total. The molecular formula is C20H26N6O3. The quantitative estimate of drug-likeness (QED) is 0.791. The van der Waals surface area contributed by atoms with Crippen LogP contribution in [-0.4, -0.2) is 53.6 Å². The van der Waals surface area contributed by atoms with Crippen molar-refractivity contribution in [2.75, 3.05) is 37.5 Å². The average Bonchev–Trinajstić information content (AvgIpc) is 3.03. The van der Waals surface area contributed by atoms with E-state index in [9.17, 15) is 4.79 Å². The predicted octanol–water partition coefficient (Wildman–Crippen LogP) is 2.34. The third-order valence-electron chi connectivity index (χ3n) is 5.30. The Labute approximate surface area is 168 Å². The molecule has 0 spiro atoms. The molecule has 1 fully saturated rings. The van der Waals surface area contributed by atoms with Crippen LogP contribution in [0.25, 0.3) is 10.9 Å². The minimum absolute atomic E-state index is 0.115. The van der Waals surface area contributed by atoms with Crippen LogP contribution < -0.4 is 15.8 Å². The Bertz CT molecular complexity index is 991. The first-order valence-electron chi connectivity index (χ1n) is 9.94. The van der Waals surface area contributed by atoms with Gasteiger partial charge < -0.3 is 19.7 Å². The van der Waals surface area contributed by atoms with Crippen LogP contribution in [0, 0.1) is 0 Å². The third-order valence-corrected chi connectivity index (χ3v) is 5.30. The second-order valence-corrected chi connectivity index (χ2v) is 7.28. The summed E-state index contributed by atoms with van der Waals surface area (Å²) in [4.78, 5) is 24.0. The summed E-state index contributed by atoms with van der Waals surface area (Å²) in [6, 6.07) is 0. The number of aromatic amines is 1. The number of rotatable bonds is 5. The lowest BCUT2D eigenvalue weighted by Gasteiger charge is -2.23. The fourth-order valence-corrected chi connectivity index (χ4v) is 3.75. The molecule has 9 nitrogen and oxygen atoms in total. The zero-order valence-electron chi connectivity index (χ0n) is 16.8. The van der Waals surface area contributed by atoms with E-state index in [1.54, 1.807) is 20.4 Å². The van der Waals surface area contributed by atoms with Gasteiger partial charge in [-0.1, -0.05) is 12.8 Å². The Hall–Kier alpha value is -2.94. The minimum Gasteiger partial charge on any atom is -0.497 e. The van der Waals surface area contributed by atoms with Crippen LogP contribution in [-0.2, 0) is 9.47 Å². The number of anilines is 2. The first-order valence-corrected chi connectivity index (χ1v) is 9.94. The smallest absolute Gasteiger partial charge is 0.277 e. The highest BCUT2D eigenvalue weighted by atomic mass is 16.5. The van der Waals surface area contributed by atoms with Crippen LogP contribution in [0.5, 0.6) is 0 Å². The molecule has 0 aromatic carbocycles. The topological polar surface area (TPSA) is 105 Å².